The summed E-state index contributed by atoms with van der Waals surface area (Å²) in [6, 6.07) is 1.86. The van der Waals surface area contributed by atoms with Crippen molar-refractivity contribution in [3.05, 3.63) is 18.1 Å². The Hall–Kier alpha value is -1.49. The summed E-state index contributed by atoms with van der Waals surface area (Å²) in [7, 11) is 1.94. The van der Waals surface area contributed by atoms with E-state index in [4.69, 9.17) is 5.73 Å². The van der Waals surface area contributed by atoms with E-state index < -0.39 is 0 Å². The van der Waals surface area contributed by atoms with Gasteiger partial charge in [0.05, 0.1) is 6.20 Å². The van der Waals surface area contributed by atoms with Crippen LogP contribution in [0.1, 0.15) is 18.7 Å². The first-order valence-corrected chi connectivity index (χ1v) is 4.58. The van der Waals surface area contributed by atoms with Crippen molar-refractivity contribution in [1.29, 1.82) is 0 Å². The predicted molar refractivity (Wildman–Crippen MR) is 53.8 cm³/mol. The van der Waals surface area contributed by atoms with Gasteiger partial charge in [-0.2, -0.15) is 5.10 Å². The third-order valence-electron chi connectivity index (χ3n) is 2.37. The Morgan fingerprint density at radius 2 is 2.36 bits per heavy atom. The average Bonchev–Trinajstić information content (AvgIpc) is 2.56. The van der Waals surface area contributed by atoms with E-state index in [9.17, 15) is 0 Å². The van der Waals surface area contributed by atoms with Gasteiger partial charge in [0, 0.05) is 19.5 Å². The summed E-state index contributed by atoms with van der Waals surface area (Å²) in [6.07, 6.45) is 1.65. The Bertz CT molecular complexity index is 447. The molecule has 74 valence electrons. The third-order valence-corrected chi connectivity index (χ3v) is 2.37. The maximum absolute atomic E-state index is 5.61. The molecule has 1 atom stereocenters. The Morgan fingerprint density at radius 3 is 3.00 bits per heavy atom. The van der Waals surface area contributed by atoms with Crippen LogP contribution in [0.4, 0.5) is 0 Å². The molecule has 5 nitrogen and oxygen atoms in total. The highest BCUT2D eigenvalue weighted by molar-refractivity contribution is 5.70. The molecule has 0 aliphatic rings. The Kier molecular flexibility index (Phi) is 2.17. The second-order valence-electron chi connectivity index (χ2n) is 3.41. The van der Waals surface area contributed by atoms with E-state index in [0.29, 0.717) is 6.54 Å². The molecule has 5 heteroatoms. The Labute approximate surface area is 82.0 Å². The number of fused-ring (bicyclic) bond motifs is 1. The summed E-state index contributed by atoms with van der Waals surface area (Å²) in [6.45, 7) is 2.64. The van der Waals surface area contributed by atoms with Crippen LogP contribution in [0.3, 0.4) is 0 Å². The molecule has 0 spiro atoms. The SMILES string of the molecule is CC(CN)c1nc2ccnnc2n1C. The van der Waals surface area contributed by atoms with Crippen LogP contribution in [-0.4, -0.2) is 26.3 Å². The fourth-order valence-corrected chi connectivity index (χ4v) is 1.50. The zero-order valence-corrected chi connectivity index (χ0v) is 8.31. The highest BCUT2D eigenvalue weighted by Gasteiger charge is 2.13. The number of nitrogens with two attached hydrogens (primary N) is 1. The van der Waals surface area contributed by atoms with Crippen LogP contribution in [-0.2, 0) is 7.05 Å². The van der Waals surface area contributed by atoms with Gasteiger partial charge in [-0.05, 0) is 6.07 Å². The first-order valence-electron chi connectivity index (χ1n) is 4.58. The van der Waals surface area contributed by atoms with E-state index >= 15 is 0 Å². The average molecular weight is 191 g/mol. The highest BCUT2D eigenvalue weighted by atomic mass is 15.2. The Balaban J connectivity index is 2.62. The maximum Gasteiger partial charge on any atom is 0.182 e. The molecule has 0 radical (unpaired) electrons. The van der Waals surface area contributed by atoms with Gasteiger partial charge in [0.15, 0.2) is 5.65 Å². The number of rotatable bonds is 2. The number of nitrogens with zero attached hydrogens (tertiary/aromatic N) is 4. The largest absolute Gasteiger partial charge is 0.330 e. The monoisotopic (exact) mass is 191 g/mol. The van der Waals surface area contributed by atoms with Crippen LogP contribution >= 0.6 is 0 Å². The summed E-state index contributed by atoms with van der Waals surface area (Å²) in [5.41, 5.74) is 7.29. The van der Waals surface area contributed by atoms with Crippen LogP contribution in [0.25, 0.3) is 11.2 Å². The summed E-state index contributed by atoms with van der Waals surface area (Å²) < 4.78 is 1.94. The number of aromatic nitrogens is 4. The minimum absolute atomic E-state index is 0.245. The maximum atomic E-state index is 5.61. The predicted octanol–water partition coefficient (Wildman–Crippen LogP) is 0.426. The molecular weight excluding hydrogens is 178 g/mol. The molecule has 2 heterocycles. The minimum atomic E-state index is 0.245. The molecule has 2 rings (SSSR count). The van der Waals surface area contributed by atoms with Crippen LogP contribution in [0, 0.1) is 0 Å². The second-order valence-corrected chi connectivity index (χ2v) is 3.41. The van der Waals surface area contributed by atoms with Crippen LogP contribution < -0.4 is 5.73 Å². The lowest BCUT2D eigenvalue weighted by Crippen LogP contribution is -2.13. The van der Waals surface area contributed by atoms with Gasteiger partial charge in [-0.15, -0.1) is 5.10 Å². The van der Waals surface area contributed by atoms with Gasteiger partial charge in [-0.25, -0.2) is 4.98 Å². The molecule has 2 aromatic rings. The first kappa shape index (κ1) is 9.08. The number of hydrogen-bond acceptors (Lipinski definition) is 4. The van der Waals surface area contributed by atoms with Crippen molar-refractivity contribution in [2.45, 2.75) is 12.8 Å². The molecule has 0 saturated heterocycles. The van der Waals surface area contributed by atoms with Gasteiger partial charge in [0.2, 0.25) is 0 Å². The molecule has 1 unspecified atom stereocenters. The van der Waals surface area contributed by atoms with Crippen molar-refractivity contribution in [2.75, 3.05) is 6.54 Å². The minimum Gasteiger partial charge on any atom is -0.330 e. The fraction of sp³-hybridized carbons (Fsp3) is 0.444. The third kappa shape index (κ3) is 1.26. The molecule has 0 aliphatic carbocycles. The zero-order valence-electron chi connectivity index (χ0n) is 8.31. The van der Waals surface area contributed by atoms with Gasteiger partial charge < -0.3 is 10.3 Å². The molecule has 14 heavy (non-hydrogen) atoms. The van der Waals surface area contributed by atoms with Gasteiger partial charge in [0.25, 0.3) is 0 Å². The molecular formula is C9H13N5. The smallest absolute Gasteiger partial charge is 0.182 e. The molecule has 0 amide bonds. The normalized spacial score (nSPS) is 13.4. The molecule has 0 aromatic carbocycles. The van der Waals surface area contributed by atoms with Crippen molar-refractivity contribution >= 4 is 11.2 Å². The molecule has 0 aliphatic heterocycles. The van der Waals surface area contributed by atoms with E-state index in [-0.39, 0.29) is 5.92 Å². The van der Waals surface area contributed by atoms with Gasteiger partial charge in [0.1, 0.15) is 11.3 Å². The van der Waals surface area contributed by atoms with E-state index in [0.717, 1.165) is 17.0 Å². The number of aryl methyl sites for hydroxylation is 1. The van der Waals surface area contributed by atoms with Gasteiger partial charge >= 0.3 is 0 Å². The molecule has 0 fully saturated rings. The lowest BCUT2D eigenvalue weighted by atomic mass is 10.2. The van der Waals surface area contributed by atoms with Gasteiger partial charge in [-0.1, -0.05) is 6.92 Å². The summed E-state index contributed by atoms with van der Waals surface area (Å²) in [4.78, 5) is 4.46. The zero-order chi connectivity index (χ0) is 10.1. The summed E-state index contributed by atoms with van der Waals surface area (Å²) >= 11 is 0. The van der Waals surface area contributed by atoms with Gasteiger partial charge in [-0.3, -0.25) is 0 Å². The summed E-state index contributed by atoms with van der Waals surface area (Å²) in [5.74, 6) is 1.21. The lowest BCUT2D eigenvalue weighted by Gasteiger charge is -2.07. The lowest BCUT2D eigenvalue weighted by molar-refractivity contribution is 0.673. The quantitative estimate of drug-likeness (QED) is 0.747. The van der Waals surface area contributed by atoms with E-state index in [1.165, 1.54) is 0 Å². The van der Waals surface area contributed by atoms with E-state index in [2.05, 4.69) is 22.1 Å². The molecule has 0 bridgehead atoms. The van der Waals surface area contributed by atoms with Crippen LogP contribution in [0.2, 0.25) is 0 Å². The Morgan fingerprint density at radius 1 is 1.57 bits per heavy atom. The van der Waals surface area contributed by atoms with E-state index in [1.807, 2.05) is 17.7 Å². The number of imidazole rings is 1. The topological polar surface area (TPSA) is 69.6 Å². The van der Waals surface area contributed by atoms with Crippen molar-refractivity contribution < 1.29 is 0 Å². The van der Waals surface area contributed by atoms with Crippen molar-refractivity contribution in [1.82, 2.24) is 19.7 Å². The van der Waals surface area contributed by atoms with Crippen molar-refractivity contribution in [3.8, 4) is 0 Å². The van der Waals surface area contributed by atoms with Crippen molar-refractivity contribution in [3.63, 3.8) is 0 Å². The highest BCUT2D eigenvalue weighted by Crippen LogP contribution is 2.17. The molecule has 2 N–H and O–H groups in total. The fourth-order valence-electron chi connectivity index (χ4n) is 1.50. The summed E-state index contributed by atoms with van der Waals surface area (Å²) in [5, 5.41) is 7.86. The molecule has 0 saturated carbocycles. The van der Waals surface area contributed by atoms with Crippen LogP contribution in [0.15, 0.2) is 12.3 Å². The first-order chi connectivity index (χ1) is 6.74. The molecule has 2 aromatic heterocycles. The second kappa shape index (κ2) is 3.34. The number of hydrogen-bond donors (Lipinski definition) is 1. The van der Waals surface area contributed by atoms with E-state index in [1.54, 1.807) is 6.20 Å². The van der Waals surface area contributed by atoms with Crippen molar-refractivity contribution in [2.24, 2.45) is 12.8 Å². The van der Waals surface area contributed by atoms with Crippen LogP contribution in [0.5, 0.6) is 0 Å². The standard InChI is InChI=1S/C9H13N5/c1-6(5-10)8-12-7-3-4-11-13-9(7)14(8)2/h3-4,6H,5,10H2,1-2H3.